The summed E-state index contributed by atoms with van der Waals surface area (Å²) in [4.78, 5) is 0. The van der Waals surface area contributed by atoms with Crippen molar-refractivity contribution in [3.63, 3.8) is 0 Å². The Kier molecular flexibility index (Phi) is 1.30. The zero-order valence-electron chi connectivity index (χ0n) is 2.09. The number of hydrogen-bond donors (Lipinski definition) is 0. The van der Waals surface area contributed by atoms with Gasteiger partial charge in [0.1, 0.15) is 0 Å². The van der Waals surface area contributed by atoms with Crippen LogP contribution in [-0.4, -0.2) is 17.0 Å². The molecule has 0 atom stereocenters. The summed E-state index contributed by atoms with van der Waals surface area (Å²) in [5, 5.41) is 0. The van der Waals surface area contributed by atoms with E-state index in [9.17, 15) is 13.1 Å². The first-order valence-electron chi connectivity index (χ1n) is 0.873. The topological polar surface area (TPSA) is 0 Å². The summed E-state index contributed by atoms with van der Waals surface area (Å²) in [5.41, 5.74) is 0. The summed E-state index contributed by atoms with van der Waals surface area (Å²) in [6.07, 6.45) is 0. The van der Waals surface area contributed by atoms with Gasteiger partial charge in [0.2, 0.25) is 0 Å². The van der Waals surface area contributed by atoms with Crippen LogP contribution in [0.3, 0.4) is 0 Å². The van der Waals surface area contributed by atoms with E-state index in [0.717, 1.165) is 0 Å². The fourth-order valence-electron chi connectivity index (χ4n) is 0. The zero-order valence-corrected chi connectivity index (χ0v) is 4.51. The monoisotopic (exact) mass is 145 g/mol. The van der Waals surface area contributed by atoms with E-state index in [-0.39, 0.29) is 0 Å². The molecular formula is F4Ga-. The Morgan fingerprint density at radius 1 is 0.800 bits per heavy atom. The van der Waals surface area contributed by atoms with Crippen LogP contribution in [0.25, 0.3) is 0 Å². The van der Waals surface area contributed by atoms with Crippen LogP contribution in [0.2, 0.25) is 0 Å². The van der Waals surface area contributed by atoms with Crippen molar-refractivity contribution in [2.45, 2.75) is 0 Å². The Morgan fingerprint density at radius 2 is 0.800 bits per heavy atom. The molecule has 0 aliphatic heterocycles. The van der Waals surface area contributed by atoms with Gasteiger partial charge >= 0.3 is 30.2 Å². The van der Waals surface area contributed by atoms with E-state index in [1.54, 1.807) is 0 Å². The Bertz CT molecular complexity index is 19.1. The fraction of sp³-hybridized carbons (Fsp3) is 0. The van der Waals surface area contributed by atoms with E-state index >= 15 is 0 Å². The molecule has 0 aromatic carbocycles. The van der Waals surface area contributed by atoms with Gasteiger partial charge in [0.25, 0.3) is 0 Å². The molecule has 0 nitrogen and oxygen atoms in total. The molecule has 0 fully saturated rings. The second kappa shape index (κ2) is 1.21. The van der Waals surface area contributed by atoms with E-state index in [0.29, 0.717) is 0 Å². The quantitative estimate of drug-likeness (QED) is 0.356. The molecule has 5 heteroatoms. The maximum atomic E-state index is 9.89. The third kappa shape index (κ3) is 190. The van der Waals surface area contributed by atoms with Crippen LogP contribution in [-0.2, 0) is 0 Å². The van der Waals surface area contributed by atoms with Crippen LogP contribution in [0, 0.1) is 0 Å². The van der Waals surface area contributed by atoms with Gasteiger partial charge in [-0.3, -0.25) is 0 Å². The average molecular weight is 146 g/mol. The first-order valence-corrected chi connectivity index (χ1v) is 4.54. The first kappa shape index (κ1) is 5.36. The van der Waals surface area contributed by atoms with Crippen molar-refractivity contribution in [1.29, 1.82) is 0 Å². The molecule has 5 heavy (non-hydrogen) atoms. The van der Waals surface area contributed by atoms with Crippen LogP contribution >= 0.6 is 0 Å². The summed E-state index contributed by atoms with van der Waals surface area (Å²) in [6.45, 7) is 0. The van der Waals surface area contributed by atoms with Gasteiger partial charge < -0.3 is 0 Å². The van der Waals surface area contributed by atoms with Gasteiger partial charge in [-0.2, -0.15) is 0 Å². The molecule has 32 valence electrons. The molecule has 0 heterocycles. The van der Waals surface area contributed by atoms with Crippen molar-refractivity contribution in [2.75, 3.05) is 0 Å². The van der Waals surface area contributed by atoms with Gasteiger partial charge in [0, 0.05) is 0 Å². The van der Waals surface area contributed by atoms with Gasteiger partial charge in [0.15, 0.2) is 0 Å². The van der Waals surface area contributed by atoms with Crippen LogP contribution in [0.5, 0.6) is 0 Å². The van der Waals surface area contributed by atoms with Gasteiger partial charge in [-0.1, -0.05) is 0 Å². The van der Waals surface area contributed by atoms with Crippen molar-refractivity contribution in [3.8, 4) is 0 Å². The molecule has 0 bridgehead atoms. The molecule has 0 saturated heterocycles. The van der Waals surface area contributed by atoms with Crippen LogP contribution in [0.1, 0.15) is 0 Å². The Morgan fingerprint density at radius 3 is 0.800 bits per heavy atom. The molecule has 0 aromatic heterocycles. The van der Waals surface area contributed by atoms with Gasteiger partial charge in [0.05, 0.1) is 0 Å². The van der Waals surface area contributed by atoms with Crippen molar-refractivity contribution >= 4 is 17.0 Å². The molecule has 0 aromatic rings. The van der Waals surface area contributed by atoms with E-state index in [1.807, 2.05) is 0 Å². The molecule has 0 unspecified atom stereocenters. The SMILES string of the molecule is [F][Ga-]([F])([F])[F]. The Balaban J connectivity index is 3.02. The molecular weight excluding hydrogens is 146 g/mol. The Labute approximate surface area is 31.0 Å². The molecule has 0 N–H and O–H groups in total. The average Bonchev–Trinajstić information content (AvgIpc) is 0.722. The molecule has 0 saturated carbocycles. The molecule has 0 aliphatic carbocycles. The Hall–Kier alpha value is 0.356. The summed E-state index contributed by atoms with van der Waals surface area (Å²) in [5.74, 6) is 0. The maximum absolute atomic E-state index is 9.89. The fourth-order valence-corrected chi connectivity index (χ4v) is 0. The minimum atomic E-state index is -7.12. The van der Waals surface area contributed by atoms with E-state index < -0.39 is 17.0 Å². The third-order valence-electron chi connectivity index (χ3n) is 0. The zero-order chi connectivity index (χ0) is 4.50. The van der Waals surface area contributed by atoms with Crippen LogP contribution < -0.4 is 0 Å². The summed E-state index contributed by atoms with van der Waals surface area (Å²) < 4.78 is 39.6. The first-order chi connectivity index (χ1) is 2.00. The van der Waals surface area contributed by atoms with Gasteiger partial charge in [-0.05, 0) is 0 Å². The molecule has 0 radical (unpaired) electrons. The number of rotatable bonds is 0. The summed E-state index contributed by atoms with van der Waals surface area (Å²) >= 11 is -7.12. The van der Waals surface area contributed by atoms with Crippen molar-refractivity contribution < 1.29 is 13.1 Å². The van der Waals surface area contributed by atoms with Crippen molar-refractivity contribution in [1.82, 2.24) is 0 Å². The molecule has 0 spiro atoms. The normalized spacial score (nSPS) is 12.0. The number of hydrogen-bond acceptors (Lipinski definition) is 0. The van der Waals surface area contributed by atoms with Crippen molar-refractivity contribution in [3.05, 3.63) is 0 Å². The molecule has 0 rings (SSSR count). The van der Waals surface area contributed by atoms with Crippen LogP contribution in [0.4, 0.5) is 13.1 Å². The third-order valence-corrected chi connectivity index (χ3v) is 0. The standard InChI is InChI=1S/4FH.Ga/h4*1H;/q;;;;+3/p-4. The predicted molar refractivity (Wildman–Crippen MR) is 10.2 cm³/mol. The second-order valence-electron chi connectivity index (χ2n) is 0.495. The van der Waals surface area contributed by atoms with E-state index in [1.165, 1.54) is 0 Å². The summed E-state index contributed by atoms with van der Waals surface area (Å²) in [6, 6.07) is 0. The van der Waals surface area contributed by atoms with E-state index in [4.69, 9.17) is 0 Å². The minimum absolute atomic E-state index is 7.12. The van der Waals surface area contributed by atoms with Gasteiger partial charge in [-0.15, -0.1) is 0 Å². The van der Waals surface area contributed by atoms with E-state index in [2.05, 4.69) is 0 Å². The second-order valence-corrected chi connectivity index (χ2v) is 2.57. The molecule has 0 aliphatic rings. The van der Waals surface area contributed by atoms with Crippen LogP contribution in [0.15, 0.2) is 0 Å². The van der Waals surface area contributed by atoms with Crippen molar-refractivity contribution in [2.24, 2.45) is 0 Å². The molecule has 0 amide bonds. The number of halogens is 4. The predicted octanol–water partition coefficient (Wildman–Crippen LogP) is 1.30. The summed E-state index contributed by atoms with van der Waals surface area (Å²) in [7, 11) is 0. The van der Waals surface area contributed by atoms with Gasteiger partial charge in [-0.25, -0.2) is 0 Å².